The number of aromatic carboxylic acids is 1. The Morgan fingerprint density at radius 2 is 1.95 bits per heavy atom. The maximum Gasteiger partial charge on any atom is 0.339 e. The van der Waals surface area contributed by atoms with E-state index in [9.17, 15) is 9.18 Å². The molecule has 0 saturated heterocycles. The highest BCUT2D eigenvalue weighted by molar-refractivity contribution is 6.35. The second-order valence-electron chi connectivity index (χ2n) is 3.97. The van der Waals surface area contributed by atoms with Crippen molar-refractivity contribution >= 4 is 29.2 Å². The van der Waals surface area contributed by atoms with E-state index in [1.807, 2.05) is 0 Å². The molecule has 0 fully saturated rings. The van der Waals surface area contributed by atoms with Gasteiger partial charge in [0.05, 0.1) is 0 Å². The molecule has 0 amide bonds. The van der Waals surface area contributed by atoms with Crippen molar-refractivity contribution in [1.82, 2.24) is 0 Å². The maximum atomic E-state index is 13.2. The van der Waals surface area contributed by atoms with Crippen molar-refractivity contribution in [3.8, 4) is 5.75 Å². The fraction of sp³-hybridized carbons (Fsp3) is 0.0714. The normalized spacial score (nSPS) is 10.3. The lowest BCUT2D eigenvalue weighted by molar-refractivity contribution is 0.0691. The van der Waals surface area contributed by atoms with Gasteiger partial charge in [-0.15, -0.1) is 0 Å². The fourth-order valence-electron chi connectivity index (χ4n) is 1.59. The number of hydrogen-bond acceptors (Lipinski definition) is 2. The second kappa shape index (κ2) is 6.11. The molecule has 3 nitrogen and oxygen atoms in total. The van der Waals surface area contributed by atoms with E-state index in [0.29, 0.717) is 15.6 Å². The molecule has 0 bridgehead atoms. The van der Waals surface area contributed by atoms with Crippen LogP contribution in [0.15, 0.2) is 36.4 Å². The molecule has 0 atom stereocenters. The summed E-state index contributed by atoms with van der Waals surface area (Å²) >= 11 is 11.7. The van der Waals surface area contributed by atoms with E-state index >= 15 is 0 Å². The highest BCUT2D eigenvalue weighted by atomic mass is 35.5. The summed E-state index contributed by atoms with van der Waals surface area (Å²) in [6, 6.07) is 8.07. The number of rotatable bonds is 4. The molecular formula is C14H9Cl2FO3. The Labute approximate surface area is 124 Å². The highest BCUT2D eigenvalue weighted by Crippen LogP contribution is 2.25. The summed E-state index contributed by atoms with van der Waals surface area (Å²) in [4.78, 5) is 11.0. The van der Waals surface area contributed by atoms with E-state index in [-0.39, 0.29) is 17.9 Å². The number of hydrogen-bond donors (Lipinski definition) is 1. The molecule has 0 saturated carbocycles. The number of ether oxygens (including phenoxy) is 1. The third kappa shape index (κ3) is 3.40. The van der Waals surface area contributed by atoms with Crippen molar-refractivity contribution in [2.24, 2.45) is 0 Å². The lowest BCUT2D eigenvalue weighted by Gasteiger charge is -2.10. The van der Waals surface area contributed by atoms with Gasteiger partial charge < -0.3 is 9.84 Å². The van der Waals surface area contributed by atoms with Gasteiger partial charge in [0.15, 0.2) is 0 Å². The van der Waals surface area contributed by atoms with Gasteiger partial charge >= 0.3 is 5.97 Å². The van der Waals surface area contributed by atoms with Gasteiger partial charge in [0, 0.05) is 21.7 Å². The molecule has 0 heterocycles. The van der Waals surface area contributed by atoms with Crippen molar-refractivity contribution < 1.29 is 19.0 Å². The summed E-state index contributed by atoms with van der Waals surface area (Å²) in [6.07, 6.45) is 0. The van der Waals surface area contributed by atoms with Crippen LogP contribution in [0, 0.1) is 5.82 Å². The predicted molar refractivity (Wildman–Crippen MR) is 74.2 cm³/mol. The molecule has 2 aromatic rings. The Morgan fingerprint density at radius 1 is 1.20 bits per heavy atom. The van der Waals surface area contributed by atoms with E-state index in [2.05, 4.69) is 0 Å². The van der Waals surface area contributed by atoms with E-state index in [0.717, 1.165) is 18.2 Å². The molecule has 0 aliphatic rings. The van der Waals surface area contributed by atoms with Crippen LogP contribution < -0.4 is 4.74 Å². The lowest BCUT2D eigenvalue weighted by Crippen LogP contribution is -2.04. The monoisotopic (exact) mass is 314 g/mol. The smallest absolute Gasteiger partial charge is 0.339 e. The Bertz CT molecular complexity index is 659. The zero-order chi connectivity index (χ0) is 14.7. The molecule has 6 heteroatoms. The second-order valence-corrected chi connectivity index (χ2v) is 4.81. The third-order valence-corrected chi connectivity index (χ3v) is 3.16. The van der Waals surface area contributed by atoms with Crippen molar-refractivity contribution in [2.75, 3.05) is 0 Å². The minimum atomic E-state index is -1.19. The van der Waals surface area contributed by atoms with Gasteiger partial charge in [0.25, 0.3) is 0 Å². The summed E-state index contributed by atoms with van der Waals surface area (Å²) < 4.78 is 18.5. The Morgan fingerprint density at radius 3 is 2.60 bits per heavy atom. The van der Waals surface area contributed by atoms with Gasteiger partial charge in [-0.05, 0) is 24.3 Å². The SMILES string of the molecule is O=C(O)c1ccc(F)cc1OCc1ccc(Cl)cc1Cl. The van der Waals surface area contributed by atoms with Crippen LogP contribution in [0.5, 0.6) is 5.75 Å². The molecule has 0 spiro atoms. The fourth-order valence-corrected chi connectivity index (χ4v) is 2.05. The first-order chi connectivity index (χ1) is 9.47. The van der Waals surface area contributed by atoms with Gasteiger partial charge in [0.2, 0.25) is 0 Å². The number of carbonyl (C=O) groups is 1. The maximum absolute atomic E-state index is 13.2. The van der Waals surface area contributed by atoms with Gasteiger partial charge in [0.1, 0.15) is 23.7 Å². The van der Waals surface area contributed by atoms with Crippen LogP contribution in [0.1, 0.15) is 15.9 Å². The summed E-state index contributed by atoms with van der Waals surface area (Å²) in [5.41, 5.74) is 0.508. The first kappa shape index (κ1) is 14.6. The molecule has 0 radical (unpaired) electrons. The molecule has 2 aromatic carbocycles. The Kier molecular flexibility index (Phi) is 4.47. The number of benzene rings is 2. The summed E-state index contributed by atoms with van der Waals surface area (Å²) in [7, 11) is 0. The standard InChI is InChI=1S/C14H9Cl2FO3/c15-9-2-1-8(12(16)5-9)7-20-13-6-10(17)3-4-11(13)14(18)19/h1-6H,7H2,(H,18,19). The quantitative estimate of drug-likeness (QED) is 0.909. The molecule has 0 aliphatic carbocycles. The zero-order valence-corrected chi connectivity index (χ0v) is 11.6. The molecule has 2 rings (SSSR count). The number of carboxylic acid groups (broad SMARTS) is 1. The van der Waals surface area contributed by atoms with Crippen LogP contribution in [0.3, 0.4) is 0 Å². The highest BCUT2D eigenvalue weighted by Gasteiger charge is 2.13. The molecule has 0 aliphatic heterocycles. The van der Waals surface area contributed by atoms with Crippen LogP contribution in [-0.2, 0) is 6.61 Å². The average Bonchev–Trinajstić information content (AvgIpc) is 2.37. The molecular weight excluding hydrogens is 306 g/mol. The first-order valence-electron chi connectivity index (χ1n) is 5.57. The summed E-state index contributed by atoms with van der Waals surface area (Å²) in [6.45, 7) is 0.0136. The Balaban J connectivity index is 2.22. The summed E-state index contributed by atoms with van der Waals surface area (Å²) in [5, 5.41) is 9.88. The largest absolute Gasteiger partial charge is 0.488 e. The van der Waals surface area contributed by atoms with Gasteiger partial charge in [-0.2, -0.15) is 0 Å². The van der Waals surface area contributed by atoms with Crippen molar-refractivity contribution in [3.63, 3.8) is 0 Å². The molecule has 20 heavy (non-hydrogen) atoms. The topological polar surface area (TPSA) is 46.5 Å². The van der Waals surface area contributed by atoms with Gasteiger partial charge in [-0.1, -0.05) is 29.3 Å². The molecule has 0 aromatic heterocycles. The van der Waals surface area contributed by atoms with E-state index in [4.69, 9.17) is 33.0 Å². The van der Waals surface area contributed by atoms with Crippen molar-refractivity contribution in [2.45, 2.75) is 6.61 Å². The number of halogens is 3. The average molecular weight is 315 g/mol. The lowest BCUT2D eigenvalue weighted by atomic mass is 10.2. The van der Waals surface area contributed by atoms with E-state index < -0.39 is 11.8 Å². The third-order valence-electron chi connectivity index (χ3n) is 2.57. The number of carboxylic acids is 1. The van der Waals surface area contributed by atoms with Crippen LogP contribution in [-0.4, -0.2) is 11.1 Å². The van der Waals surface area contributed by atoms with Crippen LogP contribution >= 0.6 is 23.2 Å². The molecule has 104 valence electrons. The molecule has 0 unspecified atom stereocenters. The van der Waals surface area contributed by atoms with Crippen LogP contribution in [0.4, 0.5) is 4.39 Å². The Hall–Kier alpha value is -1.78. The van der Waals surface area contributed by atoms with E-state index in [1.165, 1.54) is 0 Å². The minimum absolute atomic E-state index is 0.0136. The van der Waals surface area contributed by atoms with E-state index in [1.54, 1.807) is 18.2 Å². The van der Waals surface area contributed by atoms with Crippen LogP contribution in [0.2, 0.25) is 10.0 Å². The van der Waals surface area contributed by atoms with Gasteiger partial charge in [-0.25, -0.2) is 9.18 Å². The van der Waals surface area contributed by atoms with Crippen molar-refractivity contribution in [3.05, 3.63) is 63.4 Å². The van der Waals surface area contributed by atoms with Gasteiger partial charge in [-0.3, -0.25) is 0 Å². The zero-order valence-electron chi connectivity index (χ0n) is 10.1. The first-order valence-corrected chi connectivity index (χ1v) is 6.32. The summed E-state index contributed by atoms with van der Waals surface area (Å²) in [5.74, 6) is -1.82. The molecule has 1 N–H and O–H groups in total. The minimum Gasteiger partial charge on any atom is -0.488 e. The predicted octanol–water partition coefficient (Wildman–Crippen LogP) is 4.41. The van der Waals surface area contributed by atoms with Crippen molar-refractivity contribution in [1.29, 1.82) is 0 Å². The van der Waals surface area contributed by atoms with Crippen LogP contribution in [0.25, 0.3) is 0 Å².